The highest BCUT2D eigenvalue weighted by molar-refractivity contribution is 8.01. The van der Waals surface area contributed by atoms with E-state index in [9.17, 15) is 9.18 Å². The summed E-state index contributed by atoms with van der Waals surface area (Å²) in [5, 5.41) is 10.8. The number of benzene rings is 1. The van der Waals surface area contributed by atoms with Gasteiger partial charge in [0.25, 0.3) is 0 Å². The van der Waals surface area contributed by atoms with Gasteiger partial charge in [0.1, 0.15) is 11.6 Å². The highest BCUT2D eigenvalue weighted by atomic mass is 32.2. The smallest absolute Gasteiger partial charge is 0.226 e. The van der Waals surface area contributed by atoms with E-state index in [0.29, 0.717) is 33.4 Å². The maximum absolute atomic E-state index is 13.0. The van der Waals surface area contributed by atoms with Crippen LogP contribution >= 0.6 is 35.3 Å². The van der Waals surface area contributed by atoms with Crippen molar-refractivity contribution in [2.45, 2.75) is 17.7 Å². The molecule has 0 saturated heterocycles. The topological polar surface area (TPSA) is 73.0 Å². The average molecular weight is 396 g/mol. The van der Waals surface area contributed by atoms with Crippen molar-refractivity contribution < 1.29 is 13.7 Å². The van der Waals surface area contributed by atoms with E-state index in [0.717, 1.165) is 4.34 Å². The number of nitrogens with zero attached hydrogens (tertiary/aromatic N) is 3. The van der Waals surface area contributed by atoms with E-state index in [4.69, 9.17) is 16.7 Å². The monoisotopic (exact) mass is 396 g/mol. The number of aryl methyl sites for hydroxylation is 1. The van der Waals surface area contributed by atoms with Crippen LogP contribution in [0.15, 0.2) is 39.2 Å². The van der Waals surface area contributed by atoms with Crippen molar-refractivity contribution in [3.8, 4) is 5.69 Å². The largest absolute Gasteiger partial charge is 0.360 e. The van der Waals surface area contributed by atoms with E-state index in [1.54, 1.807) is 29.8 Å². The normalized spacial score (nSPS) is 10.8. The molecular formula is C15H13FN4O2S3. The van der Waals surface area contributed by atoms with Gasteiger partial charge in [-0.05, 0) is 43.4 Å². The maximum Gasteiger partial charge on any atom is 0.226 e. The number of aromatic nitrogens is 3. The first-order valence-corrected chi connectivity index (χ1v) is 9.44. The van der Waals surface area contributed by atoms with Gasteiger partial charge in [-0.25, -0.2) is 9.07 Å². The van der Waals surface area contributed by atoms with Gasteiger partial charge in [-0.3, -0.25) is 4.79 Å². The van der Waals surface area contributed by atoms with Crippen LogP contribution in [0.5, 0.6) is 0 Å². The number of hydrogen-bond donors (Lipinski definition) is 1. The van der Waals surface area contributed by atoms with Gasteiger partial charge < -0.3 is 9.84 Å². The van der Waals surface area contributed by atoms with Gasteiger partial charge in [0.2, 0.25) is 5.91 Å². The third-order valence-corrected chi connectivity index (χ3v) is 5.42. The van der Waals surface area contributed by atoms with Crippen LogP contribution in [0.3, 0.4) is 0 Å². The number of nitrogens with one attached hydrogen (secondary N) is 1. The van der Waals surface area contributed by atoms with Gasteiger partial charge >= 0.3 is 0 Å². The van der Waals surface area contributed by atoms with Gasteiger partial charge in [-0.2, -0.15) is 0 Å². The van der Waals surface area contributed by atoms with E-state index in [1.807, 2.05) is 0 Å². The molecule has 0 radical (unpaired) electrons. The van der Waals surface area contributed by atoms with Gasteiger partial charge in [0.05, 0.1) is 5.69 Å². The number of hydrogen-bond acceptors (Lipinski definition) is 7. The third kappa shape index (κ3) is 4.74. The molecule has 25 heavy (non-hydrogen) atoms. The maximum atomic E-state index is 13.0. The molecule has 0 aliphatic heterocycles. The van der Waals surface area contributed by atoms with Gasteiger partial charge in [-0.15, -0.1) is 5.10 Å². The van der Waals surface area contributed by atoms with E-state index >= 15 is 0 Å². The lowest BCUT2D eigenvalue weighted by atomic mass is 10.3. The van der Waals surface area contributed by atoms with Crippen LogP contribution < -0.4 is 5.32 Å². The van der Waals surface area contributed by atoms with E-state index in [1.165, 1.54) is 35.2 Å². The molecule has 2 aromatic heterocycles. The molecule has 0 aliphatic rings. The van der Waals surface area contributed by atoms with Crippen LogP contribution in [0.1, 0.15) is 12.2 Å². The number of anilines is 1. The fraction of sp³-hybridized carbons (Fsp3) is 0.200. The van der Waals surface area contributed by atoms with E-state index in [-0.39, 0.29) is 11.7 Å². The minimum atomic E-state index is -0.312. The van der Waals surface area contributed by atoms with Gasteiger partial charge in [-0.1, -0.05) is 28.3 Å². The number of thioether (sulfide) groups is 1. The summed E-state index contributed by atoms with van der Waals surface area (Å²) in [5.41, 5.74) is 0.702. The van der Waals surface area contributed by atoms with Crippen LogP contribution in [0.25, 0.3) is 5.69 Å². The third-order valence-electron chi connectivity index (χ3n) is 3.05. The Labute approximate surface area is 156 Å². The lowest BCUT2D eigenvalue weighted by molar-refractivity contribution is -0.115. The van der Waals surface area contributed by atoms with E-state index in [2.05, 4.69) is 15.6 Å². The standard InChI is InChI=1S/C15H13FN4O2S3/c1-9-8-12(19-22-9)17-13(21)6-7-24-14-18-20(15(23)25-14)11-4-2-10(16)3-5-11/h2-5,8H,6-7H2,1H3,(H,17,19,21). The summed E-state index contributed by atoms with van der Waals surface area (Å²) < 4.78 is 20.8. The first kappa shape index (κ1) is 17.8. The van der Waals surface area contributed by atoms with Crippen molar-refractivity contribution in [3.05, 3.63) is 45.9 Å². The Morgan fingerprint density at radius 3 is 2.88 bits per heavy atom. The summed E-state index contributed by atoms with van der Waals surface area (Å²) in [7, 11) is 0. The molecule has 2 heterocycles. The molecule has 1 aromatic carbocycles. The van der Waals surface area contributed by atoms with Crippen LogP contribution in [0.4, 0.5) is 10.2 Å². The molecule has 0 atom stereocenters. The molecule has 0 aliphatic carbocycles. The minimum Gasteiger partial charge on any atom is -0.360 e. The Bertz CT molecular complexity index is 933. The van der Waals surface area contributed by atoms with Crippen molar-refractivity contribution in [2.75, 3.05) is 11.1 Å². The summed E-state index contributed by atoms with van der Waals surface area (Å²) in [6.07, 6.45) is 0.305. The second-order valence-corrected chi connectivity index (χ2v) is 7.96. The fourth-order valence-electron chi connectivity index (χ4n) is 1.93. The Hall–Kier alpha value is -2.04. The molecule has 0 saturated carbocycles. The van der Waals surface area contributed by atoms with Crippen LogP contribution in [0, 0.1) is 16.7 Å². The Kier molecular flexibility index (Phi) is 5.61. The van der Waals surface area contributed by atoms with Crippen molar-refractivity contribution in [1.82, 2.24) is 14.9 Å². The number of carbonyl (C=O) groups excluding carboxylic acids is 1. The predicted molar refractivity (Wildman–Crippen MR) is 97.4 cm³/mol. The summed E-state index contributed by atoms with van der Waals surface area (Å²) >= 11 is 8.08. The lowest BCUT2D eigenvalue weighted by Crippen LogP contribution is -2.12. The van der Waals surface area contributed by atoms with Crippen LogP contribution in [-0.4, -0.2) is 26.6 Å². The van der Waals surface area contributed by atoms with Crippen LogP contribution in [0.2, 0.25) is 0 Å². The molecule has 130 valence electrons. The summed E-state index contributed by atoms with van der Waals surface area (Å²) in [6, 6.07) is 7.61. The van der Waals surface area contributed by atoms with Crippen molar-refractivity contribution in [2.24, 2.45) is 0 Å². The average Bonchev–Trinajstić information content (AvgIpc) is 3.14. The number of amides is 1. The molecule has 3 rings (SSSR count). The first-order valence-electron chi connectivity index (χ1n) is 7.23. The van der Waals surface area contributed by atoms with E-state index < -0.39 is 0 Å². The lowest BCUT2D eigenvalue weighted by Gasteiger charge is -2.00. The number of carbonyl (C=O) groups is 1. The Morgan fingerprint density at radius 1 is 1.44 bits per heavy atom. The number of halogens is 1. The SMILES string of the molecule is Cc1cc(NC(=O)CCSc2nn(-c3ccc(F)cc3)c(=S)s2)no1. The quantitative estimate of drug-likeness (QED) is 0.497. The van der Waals surface area contributed by atoms with Gasteiger partial charge in [0, 0.05) is 18.2 Å². The zero-order valence-corrected chi connectivity index (χ0v) is 15.5. The first-order chi connectivity index (χ1) is 12.0. The van der Waals surface area contributed by atoms with Crippen molar-refractivity contribution in [3.63, 3.8) is 0 Å². The second-order valence-electron chi connectivity index (χ2n) is 4.99. The summed E-state index contributed by atoms with van der Waals surface area (Å²) in [5.74, 6) is 1.13. The predicted octanol–water partition coefficient (Wildman–Crippen LogP) is 4.22. The number of rotatable bonds is 6. The molecule has 0 bridgehead atoms. The van der Waals surface area contributed by atoms with Crippen molar-refractivity contribution >= 4 is 47.0 Å². The molecule has 10 heteroatoms. The zero-order valence-electron chi connectivity index (χ0n) is 13.1. The zero-order chi connectivity index (χ0) is 17.8. The minimum absolute atomic E-state index is 0.151. The van der Waals surface area contributed by atoms with Crippen molar-refractivity contribution in [1.29, 1.82) is 0 Å². The molecule has 6 nitrogen and oxygen atoms in total. The summed E-state index contributed by atoms with van der Waals surface area (Å²) in [4.78, 5) is 11.9. The molecule has 0 spiro atoms. The summed E-state index contributed by atoms with van der Waals surface area (Å²) in [6.45, 7) is 1.75. The van der Waals surface area contributed by atoms with Gasteiger partial charge in [0.15, 0.2) is 14.1 Å². The molecule has 1 amide bonds. The fourth-order valence-corrected chi connectivity index (χ4v) is 4.30. The molecule has 1 N–H and O–H groups in total. The Morgan fingerprint density at radius 2 is 2.20 bits per heavy atom. The molecule has 0 unspecified atom stereocenters. The highest BCUT2D eigenvalue weighted by Crippen LogP contribution is 2.24. The molecule has 0 fully saturated rings. The molecule has 3 aromatic rings. The second kappa shape index (κ2) is 7.89. The Balaban J connectivity index is 1.55. The molecular weight excluding hydrogens is 383 g/mol. The van der Waals surface area contributed by atoms with Crippen LogP contribution in [-0.2, 0) is 4.79 Å². The highest BCUT2D eigenvalue weighted by Gasteiger charge is 2.09.